The number of benzene rings is 1. The van der Waals surface area contributed by atoms with Crippen LogP contribution >= 0.6 is 15.9 Å². The van der Waals surface area contributed by atoms with Gasteiger partial charge in [-0.1, -0.05) is 15.9 Å². The van der Waals surface area contributed by atoms with E-state index in [0.717, 1.165) is 15.6 Å². The Kier molecular flexibility index (Phi) is 6.09. The first-order chi connectivity index (χ1) is 8.83. The van der Waals surface area contributed by atoms with E-state index in [1.807, 2.05) is 19.1 Å². The van der Waals surface area contributed by atoms with Crippen molar-refractivity contribution in [1.82, 2.24) is 5.32 Å². The molecule has 0 aliphatic rings. The van der Waals surface area contributed by atoms with Gasteiger partial charge in [-0.3, -0.25) is 0 Å². The van der Waals surface area contributed by atoms with Crippen molar-refractivity contribution < 1.29 is 22.6 Å². The minimum absolute atomic E-state index is 0.432. The predicted octanol–water partition coefficient (Wildman–Crippen LogP) is 3.39. The van der Waals surface area contributed by atoms with Gasteiger partial charge in [0.15, 0.2) is 6.79 Å². The van der Waals surface area contributed by atoms with E-state index < -0.39 is 19.6 Å². The van der Waals surface area contributed by atoms with Crippen molar-refractivity contribution in [2.75, 3.05) is 20.4 Å². The van der Waals surface area contributed by atoms with E-state index in [1.54, 1.807) is 7.05 Å². The van der Waals surface area contributed by atoms with Gasteiger partial charge in [0.1, 0.15) is 12.4 Å². The van der Waals surface area contributed by atoms with Crippen LogP contribution in [-0.2, 0) is 11.3 Å². The zero-order valence-electron chi connectivity index (χ0n) is 10.6. The van der Waals surface area contributed by atoms with Crippen LogP contribution in [0.2, 0.25) is 0 Å². The summed E-state index contributed by atoms with van der Waals surface area (Å²) in [6, 6.07) is 3.68. The highest BCUT2D eigenvalue weighted by Crippen LogP contribution is 2.28. The van der Waals surface area contributed by atoms with Gasteiger partial charge in [-0.25, -0.2) is 0 Å². The summed E-state index contributed by atoms with van der Waals surface area (Å²) in [5.74, 6) is 0.541. The van der Waals surface area contributed by atoms with Crippen LogP contribution in [0.3, 0.4) is 0 Å². The monoisotopic (exact) mass is 341 g/mol. The van der Waals surface area contributed by atoms with Crippen LogP contribution in [0.4, 0.5) is 13.2 Å². The average molecular weight is 342 g/mol. The molecule has 1 N–H and O–H groups in total. The van der Waals surface area contributed by atoms with Crippen LogP contribution in [0.5, 0.6) is 5.75 Å². The number of hydrogen-bond acceptors (Lipinski definition) is 3. The van der Waals surface area contributed by atoms with Gasteiger partial charge in [0.05, 0.1) is 0 Å². The van der Waals surface area contributed by atoms with Gasteiger partial charge in [0.2, 0.25) is 0 Å². The van der Waals surface area contributed by atoms with Crippen LogP contribution in [-0.4, -0.2) is 26.6 Å². The number of ether oxygens (including phenoxy) is 2. The topological polar surface area (TPSA) is 30.5 Å². The smallest absolute Gasteiger partial charge is 0.411 e. The maximum Gasteiger partial charge on any atom is 0.411 e. The van der Waals surface area contributed by atoms with E-state index in [4.69, 9.17) is 4.74 Å². The molecule has 0 atom stereocenters. The molecule has 108 valence electrons. The van der Waals surface area contributed by atoms with Gasteiger partial charge < -0.3 is 14.8 Å². The SMILES string of the molecule is CNCc1cc(Br)cc(C)c1OCOCC(F)(F)F. The summed E-state index contributed by atoms with van der Waals surface area (Å²) in [6.45, 7) is 0.626. The summed E-state index contributed by atoms with van der Waals surface area (Å²) in [6.07, 6.45) is -4.34. The van der Waals surface area contributed by atoms with E-state index in [2.05, 4.69) is 26.0 Å². The second-order valence-corrected chi connectivity index (χ2v) is 4.88. The van der Waals surface area contributed by atoms with Crippen molar-refractivity contribution in [1.29, 1.82) is 0 Å². The fourth-order valence-corrected chi connectivity index (χ4v) is 2.21. The molecule has 1 aromatic rings. The normalized spacial score (nSPS) is 11.7. The van der Waals surface area contributed by atoms with Crippen LogP contribution < -0.4 is 10.1 Å². The first-order valence-corrected chi connectivity index (χ1v) is 6.33. The minimum atomic E-state index is -4.34. The molecule has 19 heavy (non-hydrogen) atoms. The Morgan fingerprint density at radius 2 is 2.00 bits per heavy atom. The van der Waals surface area contributed by atoms with E-state index in [9.17, 15) is 13.2 Å². The van der Waals surface area contributed by atoms with Gasteiger partial charge in [-0.15, -0.1) is 0 Å². The number of rotatable bonds is 6. The molecular formula is C12H15BrF3NO2. The average Bonchev–Trinajstić information content (AvgIpc) is 2.25. The van der Waals surface area contributed by atoms with Crippen LogP contribution in [0.1, 0.15) is 11.1 Å². The lowest BCUT2D eigenvalue weighted by Crippen LogP contribution is -2.19. The Morgan fingerprint density at radius 3 is 2.58 bits per heavy atom. The number of aryl methyl sites for hydroxylation is 1. The molecule has 7 heteroatoms. The van der Waals surface area contributed by atoms with Gasteiger partial charge in [0.25, 0.3) is 0 Å². The summed E-state index contributed by atoms with van der Waals surface area (Å²) in [5.41, 5.74) is 1.68. The Hall–Kier alpha value is -0.790. The lowest BCUT2D eigenvalue weighted by Gasteiger charge is -2.15. The molecule has 0 aromatic heterocycles. The first kappa shape index (κ1) is 16.3. The molecule has 0 heterocycles. The van der Waals surface area contributed by atoms with Gasteiger partial charge in [0, 0.05) is 16.6 Å². The standard InChI is InChI=1S/C12H15BrF3NO2/c1-8-3-10(13)4-9(5-17-2)11(8)19-7-18-6-12(14,15)16/h3-4,17H,5-7H2,1-2H3. The summed E-state index contributed by atoms with van der Waals surface area (Å²) in [7, 11) is 1.78. The molecule has 0 spiro atoms. The largest absolute Gasteiger partial charge is 0.467 e. The highest BCUT2D eigenvalue weighted by atomic mass is 79.9. The van der Waals surface area contributed by atoms with Gasteiger partial charge >= 0.3 is 6.18 Å². The zero-order chi connectivity index (χ0) is 14.5. The number of alkyl halides is 3. The van der Waals surface area contributed by atoms with E-state index in [0.29, 0.717) is 12.3 Å². The van der Waals surface area contributed by atoms with Crippen molar-refractivity contribution >= 4 is 15.9 Å². The van der Waals surface area contributed by atoms with Gasteiger partial charge in [-0.05, 0) is 31.7 Å². The second kappa shape index (κ2) is 7.12. The fraction of sp³-hybridized carbons (Fsp3) is 0.500. The zero-order valence-corrected chi connectivity index (χ0v) is 12.2. The molecule has 0 radical (unpaired) electrons. The molecule has 0 saturated carbocycles. The summed E-state index contributed by atoms with van der Waals surface area (Å²) in [5, 5.41) is 2.97. The van der Waals surface area contributed by atoms with Crippen molar-refractivity contribution in [3.8, 4) is 5.75 Å². The second-order valence-electron chi connectivity index (χ2n) is 3.97. The molecule has 0 unspecified atom stereocenters. The fourth-order valence-electron chi connectivity index (χ4n) is 1.59. The third-order valence-corrected chi connectivity index (χ3v) is 2.69. The Balaban J connectivity index is 2.66. The highest BCUT2D eigenvalue weighted by molar-refractivity contribution is 9.10. The van der Waals surface area contributed by atoms with E-state index in [-0.39, 0.29) is 0 Å². The molecular weight excluding hydrogens is 327 g/mol. The summed E-state index contributed by atoms with van der Waals surface area (Å²) in [4.78, 5) is 0. The molecule has 0 aliphatic carbocycles. The maximum absolute atomic E-state index is 11.9. The van der Waals surface area contributed by atoms with E-state index in [1.165, 1.54) is 0 Å². The van der Waals surface area contributed by atoms with Crippen LogP contribution in [0.15, 0.2) is 16.6 Å². The number of halogens is 4. The van der Waals surface area contributed by atoms with Crippen LogP contribution in [0.25, 0.3) is 0 Å². The molecule has 0 fully saturated rings. The summed E-state index contributed by atoms with van der Waals surface area (Å²) >= 11 is 3.36. The third-order valence-electron chi connectivity index (χ3n) is 2.24. The molecule has 1 rings (SSSR count). The minimum Gasteiger partial charge on any atom is -0.467 e. The predicted molar refractivity (Wildman–Crippen MR) is 69.1 cm³/mol. The molecule has 1 aromatic carbocycles. The lowest BCUT2D eigenvalue weighted by molar-refractivity contribution is -0.186. The third kappa shape index (κ3) is 5.80. The lowest BCUT2D eigenvalue weighted by atomic mass is 10.1. The molecule has 0 saturated heterocycles. The van der Waals surface area contributed by atoms with Crippen LogP contribution in [0, 0.1) is 6.92 Å². The van der Waals surface area contributed by atoms with Crippen molar-refractivity contribution in [2.45, 2.75) is 19.6 Å². The van der Waals surface area contributed by atoms with Crippen molar-refractivity contribution in [2.24, 2.45) is 0 Å². The molecule has 0 bridgehead atoms. The molecule has 3 nitrogen and oxygen atoms in total. The Labute approximate surface area is 118 Å². The van der Waals surface area contributed by atoms with Gasteiger partial charge in [-0.2, -0.15) is 13.2 Å². The van der Waals surface area contributed by atoms with Crippen molar-refractivity contribution in [3.63, 3.8) is 0 Å². The maximum atomic E-state index is 11.9. The number of nitrogens with one attached hydrogen (secondary N) is 1. The molecule has 0 amide bonds. The quantitative estimate of drug-likeness (QED) is 0.635. The van der Waals surface area contributed by atoms with Crippen molar-refractivity contribution in [3.05, 3.63) is 27.7 Å². The Bertz CT molecular complexity index is 424. The molecule has 0 aliphatic heterocycles. The first-order valence-electron chi connectivity index (χ1n) is 5.54. The summed E-state index contributed by atoms with van der Waals surface area (Å²) < 4.78 is 46.4. The van der Waals surface area contributed by atoms with E-state index >= 15 is 0 Å². The Morgan fingerprint density at radius 1 is 1.32 bits per heavy atom. The number of hydrogen-bond donors (Lipinski definition) is 1. The highest BCUT2D eigenvalue weighted by Gasteiger charge is 2.27.